The average Bonchev–Trinajstić information content (AvgIpc) is 3.75. The van der Waals surface area contributed by atoms with Crippen molar-refractivity contribution < 1.29 is 0 Å². The first-order valence-electron chi connectivity index (χ1n) is 17.5. The Hall–Kier alpha value is -7.11. The lowest BCUT2D eigenvalue weighted by atomic mass is 10.0. The molecule has 0 aliphatic carbocycles. The Balaban J connectivity index is 1.22. The van der Waals surface area contributed by atoms with Crippen LogP contribution >= 0.6 is 0 Å². The lowest BCUT2D eigenvalue weighted by Crippen LogP contribution is -2.06. The van der Waals surface area contributed by atoms with Crippen LogP contribution in [0, 0.1) is 0 Å². The van der Waals surface area contributed by atoms with E-state index in [4.69, 9.17) is 15.0 Å². The Morgan fingerprint density at radius 1 is 0.288 bits per heavy atom. The molecule has 0 N–H and O–H groups in total. The molecular formula is C47H31N5. The van der Waals surface area contributed by atoms with Gasteiger partial charge in [-0.3, -0.25) is 4.57 Å². The molecule has 0 fully saturated rings. The van der Waals surface area contributed by atoms with Gasteiger partial charge < -0.3 is 4.57 Å². The van der Waals surface area contributed by atoms with Gasteiger partial charge in [0.15, 0.2) is 11.6 Å². The number of aromatic nitrogens is 5. The molecule has 10 rings (SSSR count). The molecule has 5 heteroatoms. The van der Waals surface area contributed by atoms with Gasteiger partial charge in [-0.2, -0.15) is 9.97 Å². The molecular weight excluding hydrogens is 635 g/mol. The highest BCUT2D eigenvalue weighted by Gasteiger charge is 2.24. The fourth-order valence-corrected chi connectivity index (χ4v) is 7.35. The highest BCUT2D eigenvalue weighted by molar-refractivity contribution is 6.19. The van der Waals surface area contributed by atoms with Gasteiger partial charge in [-0.05, 0) is 46.5 Å². The maximum Gasteiger partial charge on any atom is 0.238 e. The molecule has 0 amide bonds. The fourth-order valence-electron chi connectivity index (χ4n) is 7.35. The Morgan fingerprint density at radius 2 is 0.654 bits per heavy atom. The second-order valence-electron chi connectivity index (χ2n) is 12.9. The van der Waals surface area contributed by atoms with Crippen LogP contribution in [0.25, 0.3) is 89.5 Å². The van der Waals surface area contributed by atoms with Crippen LogP contribution in [-0.2, 0) is 0 Å². The third-order valence-corrected chi connectivity index (χ3v) is 9.81. The van der Waals surface area contributed by atoms with Crippen molar-refractivity contribution in [2.24, 2.45) is 0 Å². The lowest BCUT2D eigenvalue weighted by molar-refractivity contribution is 0.955. The van der Waals surface area contributed by atoms with Gasteiger partial charge in [-0.1, -0.05) is 164 Å². The molecule has 244 valence electrons. The Bertz CT molecular complexity index is 2750. The summed E-state index contributed by atoms with van der Waals surface area (Å²) in [5, 5.41) is 2.25. The van der Waals surface area contributed by atoms with Crippen molar-refractivity contribution in [3.63, 3.8) is 0 Å². The van der Waals surface area contributed by atoms with Crippen molar-refractivity contribution in [3.05, 3.63) is 188 Å². The van der Waals surface area contributed by atoms with Crippen molar-refractivity contribution in [3.8, 4) is 56.7 Å². The first kappa shape index (κ1) is 29.8. The minimum Gasteiger partial charge on any atom is -0.307 e. The minimum atomic E-state index is 0.571. The number of para-hydroxylation sites is 3. The molecule has 52 heavy (non-hydrogen) atoms. The SMILES string of the molecule is c1ccc(-c2ccc(-c3nc(-c4ccc(-c5ccccc5)cc4)nc(-n4c5ccccc5c5c4c4ccccc4n5-c4ccccc4)n3)cc2)cc1. The summed E-state index contributed by atoms with van der Waals surface area (Å²) in [7, 11) is 0. The van der Waals surface area contributed by atoms with Crippen LogP contribution in [0.4, 0.5) is 0 Å². The highest BCUT2D eigenvalue weighted by atomic mass is 15.2. The second-order valence-corrected chi connectivity index (χ2v) is 12.9. The van der Waals surface area contributed by atoms with Gasteiger partial charge in [0.25, 0.3) is 0 Å². The van der Waals surface area contributed by atoms with Crippen LogP contribution in [0.3, 0.4) is 0 Å². The highest BCUT2D eigenvalue weighted by Crippen LogP contribution is 2.40. The van der Waals surface area contributed by atoms with E-state index in [9.17, 15) is 0 Å². The van der Waals surface area contributed by atoms with Crippen molar-refractivity contribution >= 4 is 32.8 Å². The summed E-state index contributed by atoms with van der Waals surface area (Å²) in [6, 6.07) is 65.5. The summed E-state index contributed by atoms with van der Waals surface area (Å²) in [5.41, 5.74) is 11.9. The zero-order chi connectivity index (χ0) is 34.4. The molecule has 0 aliphatic rings. The van der Waals surface area contributed by atoms with Crippen LogP contribution in [0.2, 0.25) is 0 Å². The van der Waals surface area contributed by atoms with Crippen LogP contribution in [-0.4, -0.2) is 24.1 Å². The van der Waals surface area contributed by atoms with E-state index in [0.29, 0.717) is 17.6 Å². The predicted octanol–water partition coefficient (Wildman–Crippen LogP) is 11.6. The summed E-state index contributed by atoms with van der Waals surface area (Å²) >= 11 is 0. The van der Waals surface area contributed by atoms with Crippen LogP contribution in [0.15, 0.2) is 188 Å². The van der Waals surface area contributed by atoms with Crippen LogP contribution in [0.5, 0.6) is 0 Å². The molecule has 0 saturated heterocycles. The van der Waals surface area contributed by atoms with E-state index in [1.807, 2.05) is 12.1 Å². The Morgan fingerprint density at radius 3 is 1.15 bits per heavy atom. The van der Waals surface area contributed by atoms with Crippen molar-refractivity contribution in [1.82, 2.24) is 24.1 Å². The zero-order valence-electron chi connectivity index (χ0n) is 28.1. The first-order valence-corrected chi connectivity index (χ1v) is 17.5. The monoisotopic (exact) mass is 665 g/mol. The zero-order valence-corrected chi connectivity index (χ0v) is 28.1. The number of hydrogen-bond donors (Lipinski definition) is 0. The maximum absolute atomic E-state index is 5.26. The summed E-state index contributed by atoms with van der Waals surface area (Å²) in [6.07, 6.45) is 0. The summed E-state index contributed by atoms with van der Waals surface area (Å²) in [4.78, 5) is 15.6. The van der Waals surface area contributed by atoms with E-state index in [-0.39, 0.29) is 0 Å². The molecule has 3 heterocycles. The molecule has 0 saturated carbocycles. The summed E-state index contributed by atoms with van der Waals surface area (Å²) in [5.74, 6) is 1.80. The van der Waals surface area contributed by atoms with E-state index in [1.54, 1.807) is 0 Å². The average molecular weight is 666 g/mol. The molecule has 7 aromatic carbocycles. The first-order chi connectivity index (χ1) is 25.8. The maximum atomic E-state index is 5.26. The smallest absolute Gasteiger partial charge is 0.238 e. The van der Waals surface area contributed by atoms with E-state index in [2.05, 4.69) is 185 Å². The van der Waals surface area contributed by atoms with E-state index < -0.39 is 0 Å². The van der Waals surface area contributed by atoms with Gasteiger partial charge in [0.05, 0.1) is 22.1 Å². The van der Waals surface area contributed by atoms with E-state index >= 15 is 0 Å². The number of benzene rings is 7. The number of hydrogen-bond acceptors (Lipinski definition) is 3. The standard InChI is InChI=1S/C47H31N5/c1-4-14-32(15-5-1)34-24-28-36(29-25-34)45-48-46(37-30-26-35(27-31-37)33-16-6-2-7-17-33)50-47(49-45)52-42-23-13-11-21-40(42)43-44(52)39-20-10-12-22-41(39)51(43)38-18-8-3-9-19-38/h1-31H. The van der Waals surface area contributed by atoms with Crippen molar-refractivity contribution in [2.75, 3.05) is 0 Å². The van der Waals surface area contributed by atoms with Gasteiger partial charge in [0.1, 0.15) is 0 Å². The summed E-state index contributed by atoms with van der Waals surface area (Å²) in [6.45, 7) is 0. The molecule has 0 radical (unpaired) electrons. The molecule has 10 aromatic rings. The van der Waals surface area contributed by atoms with E-state index in [0.717, 1.165) is 60.8 Å². The number of rotatable bonds is 6. The van der Waals surface area contributed by atoms with Crippen LogP contribution < -0.4 is 0 Å². The van der Waals surface area contributed by atoms with E-state index in [1.165, 1.54) is 11.1 Å². The Labute approximate surface area is 300 Å². The lowest BCUT2D eigenvalue weighted by Gasteiger charge is -2.12. The topological polar surface area (TPSA) is 48.5 Å². The normalized spacial score (nSPS) is 11.5. The predicted molar refractivity (Wildman–Crippen MR) is 213 cm³/mol. The van der Waals surface area contributed by atoms with Crippen LogP contribution in [0.1, 0.15) is 0 Å². The van der Waals surface area contributed by atoms with Crippen molar-refractivity contribution in [1.29, 1.82) is 0 Å². The third kappa shape index (κ3) is 4.98. The van der Waals surface area contributed by atoms with Crippen molar-refractivity contribution in [2.45, 2.75) is 0 Å². The third-order valence-electron chi connectivity index (χ3n) is 9.81. The molecule has 0 aliphatic heterocycles. The molecule has 0 atom stereocenters. The summed E-state index contributed by atoms with van der Waals surface area (Å²) < 4.78 is 4.58. The number of fused-ring (bicyclic) bond motifs is 5. The fraction of sp³-hybridized carbons (Fsp3) is 0. The van der Waals surface area contributed by atoms with Gasteiger partial charge in [0.2, 0.25) is 5.95 Å². The number of nitrogens with zero attached hydrogens (tertiary/aromatic N) is 5. The Kier molecular flexibility index (Phi) is 7.07. The quantitative estimate of drug-likeness (QED) is 0.178. The minimum absolute atomic E-state index is 0.571. The van der Waals surface area contributed by atoms with Gasteiger partial charge in [-0.25, -0.2) is 4.98 Å². The van der Waals surface area contributed by atoms with Gasteiger partial charge in [0, 0.05) is 27.6 Å². The molecule has 3 aromatic heterocycles. The molecule has 0 spiro atoms. The molecule has 5 nitrogen and oxygen atoms in total. The molecule has 0 bridgehead atoms. The molecule has 0 unspecified atom stereocenters. The van der Waals surface area contributed by atoms with Gasteiger partial charge >= 0.3 is 0 Å². The van der Waals surface area contributed by atoms with Gasteiger partial charge in [-0.15, -0.1) is 0 Å². The largest absolute Gasteiger partial charge is 0.307 e. The second kappa shape index (κ2) is 12.3.